The maximum atomic E-state index is 12.6. The number of H-pyrrole nitrogens is 1. The number of para-hydroxylation sites is 2. The van der Waals surface area contributed by atoms with Gasteiger partial charge in [0.1, 0.15) is 17.7 Å². The highest BCUT2D eigenvalue weighted by Gasteiger charge is 2.31. The van der Waals surface area contributed by atoms with Crippen LogP contribution in [0.4, 0.5) is 5.69 Å². The van der Waals surface area contributed by atoms with Crippen LogP contribution in [0.1, 0.15) is 22.1 Å². The number of anilines is 1. The minimum absolute atomic E-state index is 0.0903. The Hall–Kier alpha value is -4.06. The van der Waals surface area contributed by atoms with Crippen molar-refractivity contribution in [2.45, 2.75) is 6.17 Å². The monoisotopic (exact) mass is 396 g/mol. The zero-order chi connectivity index (χ0) is 20.5. The maximum Gasteiger partial charge on any atom is 0.255 e. The third-order valence-corrected chi connectivity index (χ3v) is 5.27. The fourth-order valence-corrected chi connectivity index (χ4v) is 3.75. The normalized spacial score (nSPS) is 15.4. The van der Waals surface area contributed by atoms with Crippen molar-refractivity contribution in [1.82, 2.24) is 15.5 Å². The molecule has 30 heavy (non-hydrogen) atoms. The molecular weight excluding hydrogens is 376 g/mol. The molecule has 1 amide bonds. The van der Waals surface area contributed by atoms with Crippen molar-refractivity contribution in [2.75, 3.05) is 11.9 Å². The molecule has 2 heterocycles. The molecule has 6 heteroatoms. The van der Waals surface area contributed by atoms with Crippen LogP contribution in [0.15, 0.2) is 85.1 Å². The highest BCUT2D eigenvalue weighted by atomic mass is 16.5. The summed E-state index contributed by atoms with van der Waals surface area (Å²) < 4.78 is 5.88. The van der Waals surface area contributed by atoms with Crippen LogP contribution in [0.3, 0.4) is 0 Å². The number of fused-ring (bicyclic) bond motifs is 1. The van der Waals surface area contributed by atoms with Gasteiger partial charge in [-0.1, -0.05) is 30.3 Å². The van der Waals surface area contributed by atoms with Gasteiger partial charge in [-0.25, -0.2) is 0 Å². The topological polar surface area (TPSA) is 70.2 Å². The van der Waals surface area contributed by atoms with Crippen molar-refractivity contribution in [3.63, 3.8) is 0 Å². The number of hydrogen-bond donors (Lipinski definition) is 2. The van der Waals surface area contributed by atoms with Crippen molar-refractivity contribution in [2.24, 2.45) is 0 Å². The van der Waals surface area contributed by atoms with Crippen LogP contribution in [-0.2, 0) is 0 Å². The van der Waals surface area contributed by atoms with Gasteiger partial charge in [0.2, 0.25) is 0 Å². The maximum absolute atomic E-state index is 12.6. The molecule has 0 fully saturated rings. The molecule has 0 saturated carbocycles. The molecule has 1 aromatic heterocycles. The Kier molecular flexibility index (Phi) is 4.44. The molecule has 0 saturated heterocycles. The third kappa shape index (κ3) is 3.18. The largest absolute Gasteiger partial charge is 0.457 e. The minimum Gasteiger partial charge on any atom is -0.457 e. The number of aromatic nitrogens is 2. The van der Waals surface area contributed by atoms with Gasteiger partial charge in [-0.3, -0.25) is 9.89 Å². The molecule has 148 valence electrons. The van der Waals surface area contributed by atoms with Crippen molar-refractivity contribution in [1.29, 1.82) is 0 Å². The van der Waals surface area contributed by atoms with E-state index in [0.29, 0.717) is 5.56 Å². The lowest BCUT2D eigenvalue weighted by Gasteiger charge is -2.36. The number of ether oxygens (including phenoxy) is 1. The number of carbonyl (C=O) groups excluding carboxylic acids is 1. The van der Waals surface area contributed by atoms with E-state index in [-0.39, 0.29) is 12.1 Å². The van der Waals surface area contributed by atoms with Crippen LogP contribution in [0.2, 0.25) is 0 Å². The summed E-state index contributed by atoms with van der Waals surface area (Å²) in [7, 11) is 1.97. The van der Waals surface area contributed by atoms with E-state index >= 15 is 0 Å². The summed E-state index contributed by atoms with van der Waals surface area (Å²) in [4.78, 5) is 14.7. The van der Waals surface area contributed by atoms with Crippen LogP contribution in [-0.4, -0.2) is 23.2 Å². The first-order chi connectivity index (χ1) is 14.7. The molecule has 6 nitrogen and oxygen atoms in total. The quantitative estimate of drug-likeness (QED) is 0.522. The SMILES string of the molecule is CN1c2ccccc2C(=O)NC1c1cn[nH]c1-c1ccc(Oc2ccccc2)cc1. The van der Waals surface area contributed by atoms with Gasteiger partial charge < -0.3 is 15.0 Å². The summed E-state index contributed by atoms with van der Waals surface area (Å²) in [5.41, 5.74) is 4.29. The molecule has 3 aromatic carbocycles. The van der Waals surface area contributed by atoms with Gasteiger partial charge in [-0.2, -0.15) is 5.10 Å². The second-order valence-electron chi connectivity index (χ2n) is 7.14. The molecule has 1 unspecified atom stereocenters. The summed E-state index contributed by atoms with van der Waals surface area (Å²) in [6.45, 7) is 0. The van der Waals surface area contributed by atoms with Crippen LogP contribution in [0, 0.1) is 0 Å². The number of carbonyl (C=O) groups is 1. The Morgan fingerprint density at radius 2 is 1.60 bits per heavy atom. The zero-order valence-electron chi connectivity index (χ0n) is 16.4. The van der Waals surface area contributed by atoms with Crippen molar-refractivity contribution >= 4 is 11.6 Å². The van der Waals surface area contributed by atoms with E-state index in [1.54, 1.807) is 6.20 Å². The molecular formula is C24H20N4O2. The fraction of sp³-hybridized carbons (Fsp3) is 0.0833. The highest BCUT2D eigenvalue weighted by molar-refractivity contribution is 6.02. The molecule has 2 N–H and O–H groups in total. The predicted octanol–water partition coefficient (Wildman–Crippen LogP) is 4.75. The van der Waals surface area contributed by atoms with Gasteiger partial charge >= 0.3 is 0 Å². The van der Waals surface area contributed by atoms with Crippen LogP contribution >= 0.6 is 0 Å². The van der Waals surface area contributed by atoms with Crippen LogP contribution in [0.25, 0.3) is 11.3 Å². The molecule has 1 aliphatic rings. The van der Waals surface area contributed by atoms with E-state index in [4.69, 9.17) is 4.74 Å². The molecule has 1 atom stereocenters. The second kappa shape index (κ2) is 7.40. The molecule has 0 spiro atoms. The zero-order valence-corrected chi connectivity index (χ0v) is 16.4. The van der Waals surface area contributed by atoms with Crippen molar-refractivity contribution < 1.29 is 9.53 Å². The van der Waals surface area contributed by atoms with Gasteiger partial charge in [0, 0.05) is 18.2 Å². The van der Waals surface area contributed by atoms with Gasteiger partial charge in [0.25, 0.3) is 5.91 Å². The van der Waals surface area contributed by atoms with Crippen LogP contribution in [0.5, 0.6) is 11.5 Å². The van der Waals surface area contributed by atoms with Gasteiger partial charge in [-0.05, 0) is 48.5 Å². The second-order valence-corrected chi connectivity index (χ2v) is 7.14. The first-order valence-electron chi connectivity index (χ1n) is 9.70. The van der Waals surface area contributed by atoms with E-state index < -0.39 is 0 Å². The number of nitrogens with zero attached hydrogens (tertiary/aromatic N) is 2. The lowest BCUT2D eigenvalue weighted by atomic mass is 10.0. The molecule has 1 aliphatic heterocycles. The molecule has 4 aromatic rings. The predicted molar refractivity (Wildman–Crippen MR) is 116 cm³/mol. The van der Waals surface area contributed by atoms with Gasteiger partial charge in [0.15, 0.2) is 0 Å². The van der Waals surface area contributed by atoms with E-state index in [1.807, 2.05) is 85.9 Å². The summed E-state index contributed by atoms with van der Waals surface area (Å²) in [5.74, 6) is 1.45. The smallest absolute Gasteiger partial charge is 0.255 e. The first kappa shape index (κ1) is 18.0. The molecule has 0 aliphatic carbocycles. The van der Waals surface area contributed by atoms with Gasteiger partial charge in [0.05, 0.1) is 23.1 Å². The number of aromatic amines is 1. The third-order valence-electron chi connectivity index (χ3n) is 5.27. The standard InChI is InChI=1S/C24H20N4O2/c1-28-21-10-6-5-9-19(21)24(29)26-23(28)20-15-25-27-22(20)16-11-13-18(14-12-16)30-17-7-3-2-4-8-17/h2-15,23H,1H3,(H,25,27)(H,26,29). The number of amides is 1. The minimum atomic E-state index is -0.318. The Bertz CT molecular complexity index is 1190. The van der Waals surface area contributed by atoms with E-state index in [1.165, 1.54) is 0 Å². The Morgan fingerprint density at radius 3 is 2.40 bits per heavy atom. The summed E-state index contributed by atoms with van der Waals surface area (Å²) in [6.07, 6.45) is 1.44. The summed E-state index contributed by atoms with van der Waals surface area (Å²) in [6, 6.07) is 25.1. The Balaban J connectivity index is 1.43. The lowest BCUT2D eigenvalue weighted by molar-refractivity contribution is 0.0928. The number of hydrogen-bond acceptors (Lipinski definition) is 4. The summed E-state index contributed by atoms with van der Waals surface area (Å²) >= 11 is 0. The lowest BCUT2D eigenvalue weighted by Crippen LogP contribution is -2.44. The fourth-order valence-electron chi connectivity index (χ4n) is 3.75. The van der Waals surface area contributed by atoms with E-state index in [0.717, 1.165) is 34.0 Å². The average Bonchev–Trinajstić information content (AvgIpc) is 3.27. The van der Waals surface area contributed by atoms with Crippen molar-refractivity contribution in [3.05, 3.63) is 96.2 Å². The van der Waals surface area contributed by atoms with E-state index in [2.05, 4.69) is 20.4 Å². The molecule has 0 radical (unpaired) electrons. The number of rotatable bonds is 4. The summed E-state index contributed by atoms with van der Waals surface area (Å²) in [5, 5.41) is 10.4. The number of nitrogens with one attached hydrogen (secondary N) is 2. The number of benzene rings is 3. The average molecular weight is 396 g/mol. The highest BCUT2D eigenvalue weighted by Crippen LogP contribution is 2.35. The van der Waals surface area contributed by atoms with Gasteiger partial charge in [-0.15, -0.1) is 0 Å². The Morgan fingerprint density at radius 1 is 0.900 bits per heavy atom. The van der Waals surface area contributed by atoms with E-state index in [9.17, 15) is 4.79 Å². The van der Waals surface area contributed by atoms with Crippen molar-refractivity contribution in [3.8, 4) is 22.8 Å². The molecule has 0 bridgehead atoms. The first-order valence-corrected chi connectivity index (χ1v) is 9.70. The molecule has 5 rings (SSSR count). The Labute approximate surface area is 174 Å². The van der Waals surface area contributed by atoms with Crippen LogP contribution < -0.4 is 15.0 Å².